The minimum atomic E-state index is 0. The molecule has 0 amide bonds. The van der Waals surface area contributed by atoms with Crippen LogP contribution >= 0.6 is 24.2 Å². The zero-order valence-corrected chi connectivity index (χ0v) is 11.6. The van der Waals surface area contributed by atoms with Gasteiger partial charge in [-0.2, -0.15) is 0 Å². The maximum Gasteiger partial charge on any atom is 0.0406 e. The molecule has 0 bridgehead atoms. The average Bonchev–Trinajstić information content (AvgIpc) is 2.32. The Labute approximate surface area is 113 Å². The third kappa shape index (κ3) is 3.76. The summed E-state index contributed by atoms with van der Waals surface area (Å²) in [5.41, 5.74) is 3.96. The Hall–Kier alpha value is -0.990. The van der Waals surface area contributed by atoms with E-state index in [1.807, 2.05) is 30.2 Å². The molecule has 2 aromatic rings. The van der Waals surface area contributed by atoms with Gasteiger partial charge in [0.05, 0.1) is 0 Å². The molecule has 0 spiro atoms. The van der Waals surface area contributed by atoms with E-state index in [-0.39, 0.29) is 12.4 Å². The summed E-state index contributed by atoms with van der Waals surface area (Å²) in [5, 5.41) is 0. The normalized spacial score (nSPS) is 9.76. The predicted molar refractivity (Wildman–Crippen MR) is 77.0 cm³/mol. The summed E-state index contributed by atoms with van der Waals surface area (Å²) < 4.78 is 0. The van der Waals surface area contributed by atoms with Crippen molar-refractivity contribution < 1.29 is 0 Å². The highest BCUT2D eigenvalue weighted by Gasteiger charge is 2.02. The zero-order chi connectivity index (χ0) is 11.4. The quantitative estimate of drug-likeness (QED) is 0.763. The molecule has 1 aromatic heterocycles. The Balaban J connectivity index is 0.00000144. The van der Waals surface area contributed by atoms with Crippen LogP contribution in [0.2, 0.25) is 0 Å². The van der Waals surface area contributed by atoms with Gasteiger partial charge in [0.2, 0.25) is 0 Å². The number of aryl methyl sites for hydroxylation is 1. The third-order valence-electron chi connectivity index (χ3n) is 2.66. The van der Waals surface area contributed by atoms with Crippen LogP contribution < -0.4 is 0 Å². The molecule has 0 atom stereocenters. The molecule has 0 fully saturated rings. The van der Waals surface area contributed by atoms with Crippen molar-refractivity contribution in [2.75, 3.05) is 0 Å². The highest BCUT2D eigenvalue weighted by atomic mass is 35.5. The van der Waals surface area contributed by atoms with Crippen molar-refractivity contribution in [2.45, 2.75) is 24.5 Å². The van der Waals surface area contributed by atoms with E-state index in [1.54, 1.807) is 0 Å². The van der Waals surface area contributed by atoms with Crippen molar-refractivity contribution in [3.63, 3.8) is 0 Å². The Bertz CT molecular complexity index is 471. The molecule has 1 aromatic carbocycles. The van der Waals surface area contributed by atoms with Gasteiger partial charge in [-0.3, -0.25) is 4.98 Å². The van der Waals surface area contributed by atoms with E-state index in [0.717, 1.165) is 5.75 Å². The number of hydrogen-bond donors (Lipinski definition) is 0. The topological polar surface area (TPSA) is 12.9 Å². The fourth-order valence-electron chi connectivity index (χ4n) is 1.49. The van der Waals surface area contributed by atoms with Gasteiger partial charge in [-0.05, 0) is 30.5 Å². The van der Waals surface area contributed by atoms with E-state index >= 15 is 0 Å². The minimum absolute atomic E-state index is 0. The fourth-order valence-corrected chi connectivity index (χ4v) is 2.51. The second-order valence-corrected chi connectivity index (χ2v) is 4.87. The summed E-state index contributed by atoms with van der Waals surface area (Å²) in [6.07, 6.45) is 3.87. The summed E-state index contributed by atoms with van der Waals surface area (Å²) in [6, 6.07) is 10.5. The zero-order valence-electron chi connectivity index (χ0n) is 10.0. The van der Waals surface area contributed by atoms with Gasteiger partial charge in [-0.1, -0.05) is 30.3 Å². The van der Waals surface area contributed by atoms with Gasteiger partial charge in [0.25, 0.3) is 0 Å². The van der Waals surface area contributed by atoms with Crippen LogP contribution in [0.15, 0.2) is 47.6 Å². The van der Waals surface area contributed by atoms with Crippen LogP contribution in [0, 0.1) is 13.8 Å². The lowest BCUT2D eigenvalue weighted by molar-refractivity contribution is 1.12. The SMILES string of the molecule is Cc1cncc(SCc2ccccc2)c1C.Cl. The van der Waals surface area contributed by atoms with Crippen LogP contribution in [0.25, 0.3) is 0 Å². The van der Waals surface area contributed by atoms with E-state index in [0.29, 0.717) is 0 Å². The van der Waals surface area contributed by atoms with Crippen molar-refractivity contribution in [3.05, 3.63) is 59.4 Å². The smallest absolute Gasteiger partial charge is 0.0406 e. The third-order valence-corrected chi connectivity index (χ3v) is 3.86. The second-order valence-electron chi connectivity index (χ2n) is 3.85. The molecule has 0 saturated heterocycles. The van der Waals surface area contributed by atoms with Crippen LogP contribution in [0.1, 0.15) is 16.7 Å². The van der Waals surface area contributed by atoms with Crippen LogP contribution in [-0.2, 0) is 5.75 Å². The summed E-state index contributed by atoms with van der Waals surface area (Å²) in [6.45, 7) is 4.26. The molecule has 0 unspecified atom stereocenters. The Morgan fingerprint density at radius 2 is 1.76 bits per heavy atom. The molecule has 0 aliphatic heterocycles. The maximum atomic E-state index is 4.24. The number of rotatable bonds is 3. The van der Waals surface area contributed by atoms with Crippen molar-refractivity contribution in [3.8, 4) is 0 Å². The van der Waals surface area contributed by atoms with Gasteiger partial charge in [0, 0.05) is 23.0 Å². The standard InChI is InChI=1S/C14H15NS.ClH/c1-11-8-15-9-14(12(11)2)16-10-13-6-4-3-5-7-13;/h3-9H,10H2,1-2H3;1H. The number of nitrogens with zero attached hydrogens (tertiary/aromatic N) is 1. The van der Waals surface area contributed by atoms with Crippen molar-refractivity contribution >= 4 is 24.2 Å². The molecule has 0 N–H and O–H groups in total. The van der Waals surface area contributed by atoms with E-state index in [4.69, 9.17) is 0 Å². The van der Waals surface area contributed by atoms with E-state index in [2.05, 4.69) is 43.1 Å². The summed E-state index contributed by atoms with van der Waals surface area (Å²) >= 11 is 1.85. The fraction of sp³-hybridized carbons (Fsp3) is 0.214. The Kier molecular flexibility index (Phi) is 5.52. The lowest BCUT2D eigenvalue weighted by Gasteiger charge is -2.07. The van der Waals surface area contributed by atoms with Gasteiger partial charge < -0.3 is 0 Å². The molecular formula is C14H16ClNS. The second kappa shape index (κ2) is 6.67. The first-order chi connectivity index (χ1) is 7.77. The van der Waals surface area contributed by atoms with E-state index in [1.165, 1.54) is 21.6 Å². The summed E-state index contributed by atoms with van der Waals surface area (Å²) in [4.78, 5) is 5.52. The first-order valence-corrected chi connectivity index (χ1v) is 6.34. The van der Waals surface area contributed by atoms with E-state index in [9.17, 15) is 0 Å². The number of hydrogen-bond acceptors (Lipinski definition) is 2. The van der Waals surface area contributed by atoms with Crippen molar-refractivity contribution in [1.82, 2.24) is 4.98 Å². The number of aromatic nitrogens is 1. The molecule has 1 heterocycles. The number of thioether (sulfide) groups is 1. The molecule has 90 valence electrons. The van der Waals surface area contributed by atoms with Gasteiger partial charge in [0.1, 0.15) is 0 Å². The molecule has 1 nitrogen and oxygen atoms in total. The highest BCUT2D eigenvalue weighted by molar-refractivity contribution is 7.98. The van der Waals surface area contributed by atoms with Crippen LogP contribution in [0.5, 0.6) is 0 Å². The monoisotopic (exact) mass is 265 g/mol. The minimum Gasteiger partial charge on any atom is -0.263 e. The van der Waals surface area contributed by atoms with Gasteiger partial charge >= 0.3 is 0 Å². The summed E-state index contributed by atoms with van der Waals surface area (Å²) in [7, 11) is 0. The number of pyridine rings is 1. The van der Waals surface area contributed by atoms with Crippen molar-refractivity contribution in [1.29, 1.82) is 0 Å². The molecule has 0 saturated carbocycles. The Morgan fingerprint density at radius 3 is 2.47 bits per heavy atom. The van der Waals surface area contributed by atoms with Crippen LogP contribution in [-0.4, -0.2) is 4.98 Å². The molecule has 0 aliphatic rings. The maximum absolute atomic E-state index is 4.24. The predicted octanol–water partition coefficient (Wildman–Crippen LogP) is 4.41. The Morgan fingerprint density at radius 1 is 1.06 bits per heavy atom. The average molecular weight is 266 g/mol. The van der Waals surface area contributed by atoms with Crippen LogP contribution in [0.3, 0.4) is 0 Å². The van der Waals surface area contributed by atoms with E-state index < -0.39 is 0 Å². The lowest BCUT2D eigenvalue weighted by atomic mass is 10.2. The van der Waals surface area contributed by atoms with Gasteiger partial charge in [-0.25, -0.2) is 0 Å². The molecule has 0 aliphatic carbocycles. The first kappa shape index (κ1) is 14.1. The largest absolute Gasteiger partial charge is 0.263 e. The molecule has 3 heteroatoms. The number of benzene rings is 1. The molecule has 17 heavy (non-hydrogen) atoms. The lowest BCUT2D eigenvalue weighted by Crippen LogP contribution is -1.88. The van der Waals surface area contributed by atoms with Gasteiger partial charge in [-0.15, -0.1) is 24.2 Å². The first-order valence-electron chi connectivity index (χ1n) is 5.35. The number of halogens is 1. The molecule has 2 rings (SSSR count). The highest BCUT2D eigenvalue weighted by Crippen LogP contribution is 2.26. The van der Waals surface area contributed by atoms with Crippen LogP contribution in [0.4, 0.5) is 0 Å². The van der Waals surface area contributed by atoms with Gasteiger partial charge in [0.15, 0.2) is 0 Å². The van der Waals surface area contributed by atoms with Crippen molar-refractivity contribution in [2.24, 2.45) is 0 Å². The molecular weight excluding hydrogens is 250 g/mol. The molecule has 0 radical (unpaired) electrons. The summed E-state index contributed by atoms with van der Waals surface area (Å²) in [5.74, 6) is 1.01.